The Labute approximate surface area is 191 Å². The largest absolute Gasteiger partial charge is 0.381 e. The quantitative estimate of drug-likeness (QED) is 0.710. The Kier molecular flexibility index (Phi) is 6.33. The van der Waals surface area contributed by atoms with Crippen LogP contribution in [-0.2, 0) is 14.3 Å². The van der Waals surface area contributed by atoms with Crippen molar-refractivity contribution >= 4 is 17.9 Å². The van der Waals surface area contributed by atoms with Crippen LogP contribution in [0, 0.1) is 17.3 Å². The molecule has 1 spiro atoms. The van der Waals surface area contributed by atoms with E-state index in [0.717, 1.165) is 71.5 Å². The summed E-state index contributed by atoms with van der Waals surface area (Å²) in [7, 11) is 0. The average Bonchev–Trinajstić information content (AvgIpc) is 3.26. The number of rotatable bonds is 5. The van der Waals surface area contributed by atoms with E-state index < -0.39 is 0 Å². The number of piperazine rings is 1. The molecule has 0 unspecified atom stereocenters. The minimum Gasteiger partial charge on any atom is -0.381 e. The third-order valence-electron chi connectivity index (χ3n) is 8.00. The molecule has 3 heterocycles. The zero-order valence-corrected chi connectivity index (χ0v) is 19.0. The van der Waals surface area contributed by atoms with Crippen molar-refractivity contribution in [1.82, 2.24) is 14.7 Å². The molecule has 1 aromatic rings. The number of likely N-dealkylation sites (tertiary alicyclic amines) is 1. The maximum atomic E-state index is 13.2. The van der Waals surface area contributed by atoms with Gasteiger partial charge >= 0.3 is 0 Å². The molecule has 5 rings (SSSR count). The Balaban J connectivity index is 1.05. The predicted octanol–water partition coefficient (Wildman–Crippen LogP) is 2.51. The monoisotopic (exact) mass is 437 g/mol. The van der Waals surface area contributed by atoms with E-state index in [1.807, 2.05) is 11.0 Å². The number of amides is 2. The topological polar surface area (TPSA) is 53.1 Å². The average molecular weight is 438 g/mol. The van der Waals surface area contributed by atoms with Crippen LogP contribution < -0.4 is 0 Å². The zero-order chi connectivity index (χ0) is 22.0. The number of benzene rings is 1. The molecule has 0 N–H and O–H groups in total. The number of hydrogen-bond acceptors (Lipinski definition) is 4. The van der Waals surface area contributed by atoms with Gasteiger partial charge in [0.1, 0.15) is 0 Å². The Morgan fingerprint density at radius 1 is 0.969 bits per heavy atom. The van der Waals surface area contributed by atoms with Gasteiger partial charge in [-0.2, -0.15) is 0 Å². The summed E-state index contributed by atoms with van der Waals surface area (Å²) in [4.78, 5) is 32.3. The van der Waals surface area contributed by atoms with Crippen molar-refractivity contribution in [1.29, 1.82) is 0 Å². The molecule has 0 radical (unpaired) electrons. The van der Waals surface area contributed by atoms with Crippen molar-refractivity contribution in [3.8, 4) is 0 Å². The first-order chi connectivity index (χ1) is 15.6. The van der Waals surface area contributed by atoms with Gasteiger partial charge in [-0.3, -0.25) is 14.5 Å². The van der Waals surface area contributed by atoms with Crippen LogP contribution in [0.1, 0.15) is 31.2 Å². The van der Waals surface area contributed by atoms with Crippen LogP contribution >= 0.6 is 0 Å². The molecule has 3 aliphatic heterocycles. The van der Waals surface area contributed by atoms with Gasteiger partial charge in [0.2, 0.25) is 11.8 Å². The van der Waals surface area contributed by atoms with Crippen molar-refractivity contribution in [2.45, 2.75) is 25.7 Å². The summed E-state index contributed by atoms with van der Waals surface area (Å²) in [6.07, 6.45) is 8.22. The molecule has 4 aliphatic rings. The predicted molar refractivity (Wildman–Crippen MR) is 124 cm³/mol. The second-order valence-electron chi connectivity index (χ2n) is 9.94. The van der Waals surface area contributed by atoms with Gasteiger partial charge < -0.3 is 14.5 Å². The van der Waals surface area contributed by atoms with E-state index in [9.17, 15) is 9.59 Å². The molecule has 2 amide bonds. The minimum atomic E-state index is 0.0551. The molecule has 0 aromatic heterocycles. The van der Waals surface area contributed by atoms with Crippen molar-refractivity contribution in [2.24, 2.45) is 17.3 Å². The van der Waals surface area contributed by atoms with Crippen molar-refractivity contribution in [2.75, 3.05) is 59.0 Å². The van der Waals surface area contributed by atoms with Crippen LogP contribution in [0.2, 0.25) is 0 Å². The van der Waals surface area contributed by atoms with Gasteiger partial charge in [-0.1, -0.05) is 42.5 Å². The first-order valence-electron chi connectivity index (χ1n) is 12.2. The lowest BCUT2D eigenvalue weighted by atomic mass is 9.89. The lowest BCUT2D eigenvalue weighted by molar-refractivity contribution is -0.137. The van der Waals surface area contributed by atoms with E-state index >= 15 is 0 Å². The van der Waals surface area contributed by atoms with Crippen molar-refractivity contribution < 1.29 is 14.3 Å². The number of piperidine rings is 1. The van der Waals surface area contributed by atoms with Gasteiger partial charge in [-0.05, 0) is 36.7 Å². The highest BCUT2D eigenvalue weighted by Gasteiger charge is 2.59. The number of nitrogens with zero attached hydrogens (tertiary/aromatic N) is 3. The molecule has 4 fully saturated rings. The fraction of sp³-hybridized carbons (Fsp3) is 0.615. The van der Waals surface area contributed by atoms with Crippen molar-refractivity contribution in [3.05, 3.63) is 42.0 Å². The molecule has 1 aliphatic carbocycles. The number of ether oxygens (including phenoxy) is 1. The first-order valence-corrected chi connectivity index (χ1v) is 12.2. The molecule has 1 aromatic carbocycles. The lowest BCUT2D eigenvalue weighted by Gasteiger charge is -2.36. The molecule has 0 bridgehead atoms. The fourth-order valence-electron chi connectivity index (χ4n) is 5.68. The molecule has 6 heteroatoms. The summed E-state index contributed by atoms with van der Waals surface area (Å²) in [5, 5.41) is 0. The van der Waals surface area contributed by atoms with Gasteiger partial charge in [0.25, 0.3) is 0 Å². The van der Waals surface area contributed by atoms with E-state index in [4.69, 9.17) is 4.74 Å². The van der Waals surface area contributed by atoms with Crippen LogP contribution in [0.3, 0.4) is 0 Å². The maximum absolute atomic E-state index is 13.2. The van der Waals surface area contributed by atoms with Gasteiger partial charge in [-0.25, -0.2) is 0 Å². The fourth-order valence-corrected chi connectivity index (χ4v) is 5.68. The number of hydrogen-bond donors (Lipinski definition) is 0. The summed E-state index contributed by atoms with van der Waals surface area (Å²) in [6, 6.07) is 10.4. The Bertz CT molecular complexity index is 833. The lowest BCUT2D eigenvalue weighted by Crippen LogP contribution is -2.50. The normalized spacial score (nSPS) is 27.9. The zero-order valence-electron chi connectivity index (χ0n) is 19.0. The van der Waals surface area contributed by atoms with E-state index in [-0.39, 0.29) is 23.2 Å². The third-order valence-corrected chi connectivity index (χ3v) is 8.00. The van der Waals surface area contributed by atoms with E-state index in [0.29, 0.717) is 19.1 Å². The molecular formula is C26H35N3O3. The second-order valence-corrected chi connectivity index (χ2v) is 9.94. The van der Waals surface area contributed by atoms with Crippen LogP contribution in [-0.4, -0.2) is 85.5 Å². The highest BCUT2D eigenvalue weighted by Crippen LogP contribution is 2.60. The summed E-state index contributed by atoms with van der Waals surface area (Å²) in [5.74, 6) is 0.852. The van der Waals surface area contributed by atoms with Gasteiger partial charge in [0.15, 0.2) is 0 Å². The molecule has 172 valence electrons. The van der Waals surface area contributed by atoms with Crippen LogP contribution in [0.15, 0.2) is 36.4 Å². The number of carbonyl (C=O) groups excluding carboxylic acids is 2. The van der Waals surface area contributed by atoms with E-state index in [1.54, 1.807) is 0 Å². The third kappa shape index (κ3) is 4.62. The highest BCUT2D eigenvalue weighted by molar-refractivity contribution is 5.83. The summed E-state index contributed by atoms with van der Waals surface area (Å²) in [6.45, 7) is 7.37. The molecular weight excluding hydrogens is 402 g/mol. The molecule has 6 nitrogen and oxygen atoms in total. The molecule has 1 saturated carbocycles. The minimum absolute atomic E-state index is 0.0551. The van der Waals surface area contributed by atoms with Gasteiger partial charge in [0.05, 0.1) is 12.5 Å². The van der Waals surface area contributed by atoms with Gasteiger partial charge in [-0.15, -0.1) is 0 Å². The van der Waals surface area contributed by atoms with E-state index in [2.05, 4.69) is 46.2 Å². The maximum Gasteiger partial charge on any atom is 0.228 e. The van der Waals surface area contributed by atoms with Crippen molar-refractivity contribution in [3.63, 3.8) is 0 Å². The Morgan fingerprint density at radius 2 is 1.69 bits per heavy atom. The molecule has 2 atom stereocenters. The standard InChI is InChI=1S/C26H35N3O3/c30-24(22-8-18-32-20-22)28-12-9-26(10-13-28)19-23(26)25(31)29-16-14-27(15-17-29)11-4-7-21-5-2-1-3-6-21/h1-7,22-23H,8-20H2/b7-4+/t22-,23+/m1/s1. The first kappa shape index (κ1) is 21.7. The summed E-state index contributed by atoms with van der Waals surface area (Å²) >= 11 is 0. The smallest absolute Gasteiger partial charge is 0.228 e. The van der Waals surface area contributed by atoms with Crippen LogP contribution in [0.4, 0.5) is 0 Å². The Morgan fingerprint density at radius 3 is 2.38 bits per heavy atom. The van der Waals surface area contributed by atoms with Gasteiger partial charge in [0, 0.05) is 58.3 Å². The number of carbonyl (C=O) groups is 2. The highest BCUT2D eigenvalue weighted by atomic mass is 16.5. The van der Waals surface area contributed by atoms with Crippen LogP contribution in [0.5, 0.6) is 0 Å². The summed E-state index contributed by atoms with van der Waals surface area (Å²) < 4.78 is 5.38. The summed E-state index contributed by atoms with van der Waals surface area (Å²) in [5.41, 5.74) is 1.39. The molecule has 32 heavy (non-hydrogen) atoms. The SMILES string of the molecule is O=C([C@@H]1CCOC1)N1CCC2(CC1)C[C@H]2C(=O)N1CCN(C/C=C/c2ccccc2)CC1. The Hall–Kier alpha value is -2.18. The second kappa shape index (κ2) is 9.36. The molecule has 3 saturated heterocycles. The van der Waals surface area contributed by atoms with E-state index in [1.165, 1.54) is 5.56 Å². The van der Waals surface area contributed by atoms with Crippen LogP contribution in [0.25, 0.3) is 6.08 Å².